The number of rotatable bonds is 6. The van der Waals surface area contributed by atoms with Crippen LogP contribution >= 0.6 is 0 Å². The first-order valence-electron chi connectivity index (χ1n) is 12.7. The van der Waals surface area contributed by atoms with Crippen LogP contribution in [0.2, 0.25) is 0 Å². The van der Waals surface area contributed by atoms with E-state index in [1.807, 2.05) is 13.8 Å². The normalized spacial score (nSPS) is 20.9. The molecule has 5 rings (SSSR count). The maximum absolute atomic E-state index is 14.3. The number of aromatic amines is 1. The van der Waals surface area contributed by atoms with Crippen molar-refractivity contribution in [2.75, 3.05) is 18.9 Å². The van der Waals surface area contributed by atoms with Gasteiger partial charge in [-0.3, -0.25) is 19.2 Å². The lowest BCUT2D eigenvalue weighted by Crippen LogP contribution is -2.54. The average Bonchev–Trinajstić information content (AvgIpc) is 3.56. The first-order valence-corrected chi connectivity index (χ1v) is 12.7. The molecule has 0 unspecified atom stereocenters. The minimum atomic E-state index is -1.14. The van der Waals surface area contributed by atoms with Crippen LogP contribution in [0.3, 0.4) is 0 Å². The molecule has 1 fully saturated rings. The van der Waals surface area contributed by atoms with Crippen LogP contribution in [-0.2, 0) is 19.8 Å². The van der Waals surface area contributed by atoms with Gasteiger partial charge in [-0.25, -0.2) is 8.78 Å². The lowest BCUT2D eigenvalue weighted by molar-refractivity contribution is -0.141. The number of halogens is 2. The molecular formula is C28H29F2N5O4. The fourth-order valence-corrected chi connectivity index (χ4v) is 5.79. The van der Waals surface area contributed by atoms with E-state index < -0.39 is 46.9 Å². The number of H-pyrrole nitrogens is 1. The molecule has 204 valence electrons. The highest BCUT2D eigenvalue weighted by atomic mass is 19.1. The summed E-state index contributed by atoms with van der Waals surface area (Å²) in [6.45, 7) is 3.70. The van der Waals surface area contributed by atoms with Gasteiger partial charge in [0.2, 0.25) is 17.7 Å². The van der Waals surface area contributed by atoms with Crippen molar-refractivity contribution in [3.05, 3.63) is 65.4 Å². The third kappa shape index (κ3) is 4.31. The summed E-state index contributed by atoms with van der Waals surface area (Å²) in [7, 11) is 1.44. The number of aromatic nitrogens is 1. The Hall–Kier alpha value is -4.28. The van der Waals surface area contributed by atoms with Gasteiger partial charge >= 0.3 is 0 Å². The van der Waals surface area contributed by atoms with Crippen LogP contribution < -0.4 is 11.1 Å². The lowest BCUT2D eigenvalue weighted by Gasteiger charge is -2.33. The smallest absolute Gasteiger partial charge is 0.270 e. The molecule has 3 heterocycles. The van der Waals surface area contributed by atoms with E-state index in [2.05, 4.69) is 10.3 Å². The lowest BCUT2D eigenvalue weighted by atomic mass is 9.79. The number of primary amides is 1. The standard InChI is InChI=1S/C28H29F2N5O4/c1-14(2)8-22(34(3)25(37)21-11-16-18(30)9-15(29)10-20(16)32-21)26(38)35-13-28(12-23(35)24(31)36)17-6-4-5-7-19(17)33-27(28)39/h4-7,9-11,14,22-23,32H,8,12-13H2,1-3H3,(H2,31,36)(H,33,39)/t22-,23-,28-/m0/s1. The molecule has 0 radical (unpaired) electrons. The van der Waals surface area contributed by atoms with Crippen molar-refractivity contribution < 1.29 is 28.0 Å². The van der Waals surface area contributed by atoms with Crippen LogP contribution in [0.4, 0.5) is 14.5 Å². The van der Waals surface area contributed by atoms with Gasteiger partial charge in [0, 0.05) is 30.7 Å². The van der Waals surface area contributed by atoms with E-state index in [-0.39, 0.29) is 47.8 Å². The zero-order valence-electron chi connectivity index (χ0n) is 21.8. The van der Waals surface area contributed by atoms with Crippen molar-refractivity contribution in [2.24, 2.45) is 11.7 Å². The number of nitrogens with two attached hydrogens (primary N) is 1. The Bertz CT molecular complexity index is 1520. The minimum Gasteiger partial charge on any atom is -0.368 e. The number of carbonyl (C=O) groups is 4. The van der Waals surface area contributed by atoms with Gasteiger partial charge in [0.05, 0.1) is 10.9 Å². The van der Waals surface area contributed by atoms with Crippen molar-refractivity contribution in [1.82, 2.24) is 14.8 Å². The number of hydrogen-bond acceptors (Lipinski definition) is 4. The highest BCUT2D eigenvalue weighted by Crippen LogP contribution is 2.46. The highest BCUT2D eigenvalue weighted by Gasteiger charge is 2.57. The fourth-order valence-electron chi connectivity index (χ4n) is 5.79. The van der Waals surface area contributed by atoms with Gasteiger partial charge in [0.1, 0.15) is 29.4 Å². The highest BCUT2D eigenvalue weighted by molar-refractivity contribution is 6.08. The van der Waals surface area contributed by atoms with Gasteiger partial charge in [-0.1, -0.05) is 32.0 Å². The summed E-state index contributed by atoms with van der Waals surface area (Å²) in [4.78, 5) is 58.6. The van der Waals surface area contributed by atoms with Crippen molar-refractivity contribution >= 4 is 40.2 Å². The number of para-hydroxylation sites is 1. The second-order valence-electron chi connectivity index (χ2n) is 10.8. The summed E-state index contributed by atoms with van der Waals surface area (Å²) in [6.07, 6.45) is 0.276. The minimum absolute atomic E-state index is 0.0213. The molecule has 2 aliphatic heterocycles. The van der Waals surface area contributed by atoms with Crippen LogP contribution in [0.1, 0.15) is 42.7 Å². The molecule has 39 heavy (non-hydrogen) atoms. The second kappa shape index (κ2) is 9.48. The number of fused-ring (bicyclic) bond motifs is 3. The maximum Gasteiger partial charge on any atom is 0.270 e. The SMILES string of the molecule is CC(C)C[C@@H](C(=O)N1C[C@]2(C[C@H]1C(N)=O)C(=O)Nc1ccccc12)N(C)C(=O)c1cc2c(F)cc(F)cc2[nH]1. The molecule has 0 saturated carbocycles. The molecule has 1 aromatic heterocycles. The zero-order valence-corrected chi connectivity index (χ0v) is 21.8. The van der Waals surface area contributed by atoms with Crippen LogP contribution in [-0.4, -0.2) is 64.1 Å². The van der Waals surface area contributed by atoms with Gasteiger partial charge in [0.25, 0.3) is 5.91 Å². The summed E-state index contributed by atoms with van der Waals surface area (Å²) in [5, 5.41) is 2.88. The predicted molar refractivity (Wildman–Crippen MR) is 140 cm³/mol. The Morgan fingerprint density at radius 1 is 1.18 bits per heavy atom. The third-order valence-electron chi connectivity index (χ3n) is 7.75. The van der Waals surface area contributed by atoms with Crippen LogP contribution in [0, 0.1) is 17.6 Å². The van der Waals surface area contributed by atoms with E-state index in [9.17, 15) is 28.0 Å². The van der Waals surface area contributed by atoms with E-state index in [1.165, 1.54) is 22.9 Å². The average molecular weight is 538 g/mol. The topological polar surface area (TPSA) is 129 Å². The van der Waals surface area contributed by atoms with E-state index >= 15 is 0 Å². The summed E-state index contributed by atoms with van der Waals surface area (Å²) in [6, 6.07) is 8.13. The van der Waals surface area contributed by atoms with Crippen molar-refractivity contribution in [1.29, 1.82) is 0 Å². The number of hydrogen-bond donors (Lipinski definition) is 3. The molecule has 4 N–H and O–H groups in total. The first kappa shape index (κ1) is 26.3. The number of nitrogens with zero attached hydrogens (tertiary/aromatic N) is 2. The summed E-state index contributed by atoms with van der Waals surface area (Å²) in [5.41, 5.74) is 5.98. The molecule has 3 aromatic rings. The molecule has 2 aliphatic rings. The molecule has 9 nitrogen and oxygen atoms in total. The Kier molecular flexibility index (Phi) is 6.40. The molecule has 2 aromatic carbocycles. The van der Waals surface area contributed by atoms with Crippen LogP contribution in [0.5, 0.6) is 0 Å². The quantitative estimate of drug-likeness (QED) is 0.447. The van der Waals surface area contributed by atoms with Crippen molar-refractivity contribution in [3.63, 3.8) is 0 Å². The molecule has 3 atom stereocenters. The van der Waals surface area contributed by atoms with Gasteiger partial charge in [-0.2, -0.15) is 0 Å². The van der Waals surface area contributed by atoms with Crippen molar-refractivity contribution in [2.45, 2.75) is 44.2 Å². The van der Waals surface area contributed by atoms with E-state index in [4.69, 9.17) is 5.73 Å². The fraction of sp³-hybridized carbons (Fsp3) is 0.357. The summed E-state index contributed by atoms with van der Waals surface area (Å²) >= 11 is 0. The summed E-state index contributed by atoms with van der Waals surface area (Å²) in [5.74, 6) is -3.84. The first-order chi connectivity index (χ1) is 18.4. The molecule has 4 amide bonds. The third-order valence-corrected chi connectivity index (χ3v) is 7.75. The number of nitrogens with one attached hydrogen (secondary N) is 2. The molecule has 1 saturated heterocycles. The molecule has 11 heteroatoms. The van der Waals surface area contributed by atoms with E-state index in [0.29, 0.717) is 11.3 Å². The molecular weight excluding hydrogens is 508 g/mol. The number of benzene rings is 2. The maximum atomic E-state index is 14.3. The largest absolute Gasteiger partial charge is 0.368 e. The Balaban J connectivity index is 1.48. The summed E-state index contributed by atoms with van der Waals surface area (Å²) < 4.78 is 28.0. The number of likely N-dealkylation sites (tertiary alicyclic amines) is 1. The molecule has 0 aliphatic carbocycles. The van der Waals surface area contributed by atoms with E-state index in [0.717, 1.165) is 12.1 Å². The van der Waals surface area contributed by atoms with E-state index in [1.54, 1.807) is 24.3 Å². The van der Waals surface area contributed by atoms with Gasteiger partial charge in [-0.15, -0.1) is 0 Å². The Morgan fingerprint density at radius 3 is 2.59 bits per heavy atom. The van der Waals surface area contributed by atoms with Gasteiger partial charge in [-0.05, 0) is 42.5 Å². The monoisotopic (exact) mass is 537 g/mol. The van der Waals surface area contributed by atoms with Gasteiger partial charge in [0.15, 0.2) is 0 Å². The number of likely N-dealkylation sites (N-methyl/N-ethyl adjacent to an activating group) is 1. The zero-order chi connectivity index (χ0) is 28.2. The van der Waals surface area contributed by atoms with Gasteiger partial charge < -0.3 is 25.8 Å². The van der Waals surface area contributed by atoms with Crippen molar-refractivity contribution in [3.8, 4) is 0 Å². The number of carbonyl (C=O) groups excluding carboxylic acids is 4. The molecule has 0 bridgehead atoms. The molecule has 1 spiro atoms. The Labute approximate surface area is 223 Å². The number of amides is 4. The van der Waals surface area contributed by atoms with Crippen LogP contribution in [0.15, 0.2) is 42.5 Å². The van der Waals surface area contributed by atoms with Crippen LogP contribution in [0.25, 0.3) is 10.9 Å². The predicted octanol–water partition coefficient (Wildman–Crippen LogP) is 2.91. The number of anilines is 1. The Morgan fingerprint density at radius 2 is 1.90 bits per heavy atom. The second-order valence-corrected chi connectivity index (χ2v) is 10.8.